The Kier molecular flexibility index (Phi) is 2.39. The van der Waals surface area contributed by atoms with Crippen LogP contribution in [-0.2, 0) is 11.4 Å². The van der Waals surface area contributed by atoms with Crippen LogP contribution in [0.5, 0.6) is 0 Å². The maximum Gasteiger partial charge on any atom is 0.166 e. The van der Waals surface area contributed by atoms with Crippen LogP contribution in [0.4, 0.5) is 17.2 Å². The Labute approximate surface area is 109 Å². The van der Waals surface area contributed by atoms with Crippen LogP contribution < -0.4 is 5.73 Å². The molecule has 0 atom stereocenters. The van der Waals surface area contributed by atoms with E-state index in [1.54, 1.807) is 12.3 Å². The SMILES string of the molecule is Nc1cn(-c2c(Cl)cc(Cl)c3c2N=S=N3)nn1. The van der Waals surface area contributed by atoms with Gasteiger partial charge in [0.25, 0.3) is 0 Å². The Morgan fingerprint density at radius 2 is 1.94 bits per heavy atom. The molecule has 1 aliphatic heterocycles. The molecule has 2 heterocycles. The predicted molar refractivity (Wildman–Crippen MR) is 67.3 cm³/mol. The molecule has 1 aromatic heterocycles. The summed E-state index contributed by atoms with van der Waals surface area (Å²) in [5.41, 5.74) is 7.26. The van der Waals surface area contributed by atoms with Gasteiger partial charge >= 0.3 is 0 Å². The summed E-state index contributed by atoms with van der Waals surface area (Å²) in [5.74, 6) is 0.298. The summed E-state index contributed by atoms with van der Waals surface area (Å²) in [6, 6.07) is 1.60. The van der Waals surface area contributed by atoms with Crippen molar-refractivity contribution in [1.82, 2.24) is 15.0 Å². The lowest BCUT2D eigenvalue weighted by Gasteiger charge is -2.08. The van der Waals surface area contributed by atoms with Gasteiger partial charge in [-0.3, -0.25) is 0 Å². The van der Waals surface area contributed by atoms with E-state index in [-0.39, 0.29) is 0 Å². The highest BCUT2D eigenvalue weighted by Crippen LogP contribution is 2.45. The first-order chi connectivity index (χ1) is 8.16. The summed E-state index contributed by atoms with van der Waals surface area (Å²) in [6.45, 7) is 0. The Hall–Kier alpha value is -1.44. The summed E-state index contributed by atoms with van der Waals surface area (Å²) in [5, 5.41) is 8.43. The number of benzene rings is 1. The number of aromatic nitrogens is 3. The lowest BCUT2D eigenvalue weighted by molar-refractivity contribution is 0.805. The molecular formula is C8H4Cl2N6S. The molecule has 0 radical (unpaired) electrons. The highest BCUT2D eigenvalue weighted by molar-refractivity contribution is 7.58. The second kappa shape index (κ2) is 3.80. The van der Waals surface area contributed by atoms with E-state index >= 15 is 0 Å². The normalized spacial score (nSPS) is 12.6. The smallest absolute Gasteiger partial charge is 0.166 e. The minimum absolute atomic E-state index is 0.298. The maximum absolute atomic E-state index is 6.13. The van der Waals surface area contributed by atoms with E-state index in [4.69, 9.17) is 28.9 Å². The van der Waals surface area contributed by atoms with E-state index < -0.39 is 0 Å². The third kappa shape index (κ3) is 1.63. The van der Waals surface area contributed by atoms with Gasteiger partial charge in [0, 0.05) is 0 Å². The molecule has 0 aliphatic carbocycles. The molecule has 2 aromatic rings. The lowest BCUT2D eigenvalue weighted by atomic mass is 10.2. The second-order valence-electron chi connectivity index (χ2n) is 3.24. The van der Waals surface area contributed by atoms with Crippen molar-refractivity contribution in [1.29, 1.82) is 0 Å². The zero-order valence-electron chi connectivity index (χ0n) is 8.13. The molecule has 1 aromatic carbocycles. The molecule has 3 rings (SSSR count). The van der Waals surface area contributed by atoms with E-state index in [0.29, 0.717) is 32.9 Å². The van der Waals surface area contributed by atoms with Crippen LogP contribution in [-0.4, -0.2) is 15.0 Å². The minimum atomic E-state index is 0.298. The van der Waals surface area contributed by atoms with Gasteiger partial charge in [0.05, 0.1) is 27.6 Å². The Bertz CT molecular complexity index is 688. The monoisotopic (exact) mass is 286 g/mol. The van der Waals surface area contributed by atoms with Crippen LogP contribution in [0.25, 0.3) is 5.69 Å². The third-order valence-electron chi connectivity index (χ3n) is 2.16. The quantitative estimate of drug-likeness (QED) is 0.747. The fourth-order valence-corrected chi connectivity index (χ4v) is 2.66. The number of nitrogen functional groups attached to an aromatic ring is 1. The van der Waals surface area contributed by atoms with Gasteiger partial charge in [-0.15, -0.1) is 5.10 Å². The molecule has 0 saturated heterocycles. The molecule has 0 bridgehead atoms. The Balaban J connectivity index is 2.31. The summed E-state index contributed by atoms with van der Waals surface area (Å²) < 4.78 is 9.71. The summed E-state index contributed by atoms with van der Waals surface area (Å²) in [6.07, 6.45) is 1.55. The van der Waals surface area contributed by atoms with Crippen molar-refractivity contribution < 1.29 is 0 Å². The van der Waals surface area contributed by atoms with Gasteiger partial charge < -0.3 is 5.73 Å². The van der Waals surface area contributed by atoms with Crippen LogP contribution in [0.3, 0.4) is 0 Å². The molecule has 0 saturated carbocycles. The van der Waals surface area contributed by atoms with Gasteiger partial charge in [0.2, 0.25) is 0 Å². The van der Waals surface area contributed by atoms with E-state index in [0.717, 1.165) is 11.4 Å². The average Bonchev–Trinajstić information content (AvgIpc) is 2.87. The summed E-state index contributed by atoms with van der Waals surface area (Å²) in [7, 11) is 0. The van der Waals surface area contributed by atoms with Crippen molar-refractivity contribution in [3.63, 3.8) is 0 Å². The average molecular weight is 287 g/mol. The van der Waals surface area contributed by atoms with E-state index in [2.05, 4.69) is 19.0 Å². The zero-order valence-corrected chi connectivity index (χ0v) is 10.5. The van der Waals surface area contributed by atoms with Crippen LogP contribution in [0.15, 0.2) is 21.0 Å². The van der Waals surface area contributed by atoms with Crippen LogP contribution in [0, 0.1) is 0 Å². The molecule has 2 N–H and O–H groups in total. The molecule has 0 amide bonds. The number of anilines is 1. The standard InChI is InChI=1S/C8H4Cl2N6S/c9-3-1-4(10)8(7-6(3)13-17-14-7)16-2-5(11)12-15-16/h1-2H,11H2. The molecule has 1 aliphatic rings. The Morgan fingerprint density at radius 1 is 1.18 bits per heavy atom. The lowest BCUT2D eigenvalue weighted by Crippen LogP contribution is -1.96. The molecule has 17 heavy (non-hydrogen) atoms. The summed E-state index contributed by atoms with van der Waals surface area (Å²) in [4.78, 5) is 0. The van der Waals surface area contributed by atoms with Gasteiger partial charge in [0.1, 0.15) is 17.1 Å². The number of hydrogen-bond acceptors (Lipinski definition) is 5. The van der Waals surface area contributed by atoms with Crippen LogP contribution in [0.2, 0.25) is 10.0 Å². The first kappa shape index (κ1) is 10.7. The van der Waals surface area contributed by atoms with Gasteiger partial charge in [-0.05, 0) is 6.07 Å². The molecule has 0 fully saturated rings. The fraction of sp³-hybridized carbons (Fsp3) is 0. The Morgan fingerprint density at radius 3 is 2.65 bits per heavy atom. The number of nitrogens with zero attached hydrogens (tertiary/aromatic N) is 5. The van der Waals surface area contributed by atoms with Gasteiger partial charge in [-0.2, -0.15) is 8.73 Å². The number of halogens is 2. The number of fused-ring (bicyclic) bond motifs is 1. The van der Waals surface area contributed by atoms with Crippen molar-refractivity contribution in [3.8, 4) is 5.69 Å². The fourth-order valence-electron chi connectivity index (χ4n) is 1.47. The van der Waals surface area contributed by atoms with Crippen molar-refractivity contribution in [2.45, 2.75) is 0 Å². The molecule has 0 spiro atoms. The van der Waals surface area contributed by atoms with Crippen molar-refractivity contribution >= 4 is 51.7 Å². The second-order valence-corrected chi connectivity index (χ2v) is 4.58. The predicted octanol–water partition coefficient (Wildman–Crippen LogP) is 2.88. The number of rotatable bonds is 1. The molecule has 6 nitrogen and oxygen atoms in total. The number of hydrogen-bond donors (Lipinski definition) is 1. The first-order valence-electron chi connectivity index (χ1n) is 4.45. The van der Waals surface area contributed by atoms with Crippen LogP contribution >= 0.6 is 23.2 Å². The van der Waals surface area contributed by atoms with E-state index in [9.17, 15) is 0 Å². The molecular weight excluding hydrogens is 283 g/mol. The van der Waals surface area contributed by atoms with Gasteiger partial charge in [-0.1, -0.05) is 28.4 Å². The molecule has 9 heteroatoms. The molecule has 86 valence electrons. The first-order valence-corrected chi connectivity index (χ1v) is 5.94. The molecule has 0 unspecified atom stereocenters. The van der Waals surface area contributed by atoms with E-state index in [1.165, 1.54) is 4.68 Å². The highest BCUT2D eigenvalue weighted by Gasteiger charge is 2.20. The topological polar surface area (TPSA) is 81.5 Å². The summed E-state index contributed by atoms with van der Waals surface area (Å²) >= 11 is 13.2. The maximum atomic E-state index is 6.13. The van der Waals surface area contributed by atoms with Crippen LogP contribution in [0.1, 0.15) is 0 Å². The minimum Gasteiger partial charge on any atom is -0.381 e. The van der Waals surface area contributed by atoms with Gasteiger partial charge in [-0.25, -0.2) is 4.68 Å². The van der Waals surface area contributed by atoms with Crippen molar-refractivity contribution in [2.24, 2.45) is 8.73 Å². The van der Waals surface area contributed by atoms with Gasteiger partial charge in [0.15, 0.2) is 5.82 Å². The highest BCUT2D eigenvalue weighted by atomic mass is 35.5. The van der Waals surface area contributed by atoms with Crippen molar-refractivity contribution in [3.05, 3.63) is 22.3 Å². The number of nitrogens with two attached hydrogens (primary N) is 1. The largest absolute Gasteiger partial charge is 0.381 e. The van der Waals surface area contributed by atoms with E-state index in [1.807, 2.05) is 0 Å². The third-order valence-corrected chi connectivity index (χ3v) is 3.26. The van der Waals surface area contributed by atoms with Crippen molar-refractivity contribution in [2.75, 3.05) is 5.73 Å². The zero-order chi connectivity index (χ0) is 12.0.